The second kappa shape index (κ2) is 7.99. The molecule has 0 bridgehead atoms. The summed E-state index contributed by atoms with van der Waals surface area (Å²) in [5.41, 5.74) is 10.9. The minimum Gasteiger partial charge on any atom is -0.368 e. The average molecular weight is 432 g/mol. The van der Waals surface area contributed by atoms with Gasteiger partial charge in [0.15, 0.2) is 5.65 Å². The van der Waals surface area contributed by atoms with Crippen molar-refractivity contribution in [3.63, 3.8) is 0 Å². The highest BCUT2D eigenvalue weighted by Gasteiger charge is 2.20. The van der Waals surface area contributed by atoms with Crippen LogP contribution in [0, 0.1) is 18.3 Å². The molecule has 0 aliphatic carbocycles. The number of halogens is 1. The topological polar surface area (TPSA) is 105 Å². The number of pyridine rings is 1. The second-order valence-corrected chi connectivity index (χ2v) is 8.55. The molecule has 156 valence electrons. The molecule has 3 heterocycles. The van der Waals surface area contributed by atoms with Crippen molar-refractivity contribution in [2.24, 2.45) is 5.73 Å². The maximum absolute atomic E-state index is 9.34. The zero-order chi connectivity index (χ0) is 22.2. The number of hydrogen-bond donors (Lipinski definition) is 2. The Kier molecular flexibility index (Phi) is 5.36. The molecule has 3 N–H and O–H groups in total. The van der Waals surface area contributed by atoms with E-state index in [1.54, 1.807) is 16.6 Å². The first-order chi connectivity index (χ1) is 14.7. The minimum absolute atomic E-state index is 0.379. The molecule has 1 aromatic carbocycles. The normalized spacial score (nSPS) is 11.5. The van der Waals surface area contributed by atoms with Crippen LogP contribution in [-0.4, -0.2) is 31.7 Å². The molecule has 0 saturated heterocycles. The Bertz CT molecular complexity index is 1290. The summed E-state index contributed by atoms with van der Waals surface area (Å²) >= 11 is 6.27. The van der Waals surface area contributed by atoms with Gasteiger partial charge in [0.2, 0.25) is 0 Å². The first-order valence-electron chi connectivity index (χ1n) is 9.81. The van der Waals surface area contributed by atoms with Gasteiger partial charge in [-0.2, -0.15) is 10.4 Å². The van der Waals surface area contributed by atoms with Crippen LogP contribution in [0.4, 0.5) is 5.82 Å². The lowest BCUT2D eigenvalue weighted by molar-refractivity contribution is 0.548. The first kappa shape index (κ1) is 20.8. The largest absolute Gasteiger partial charge is 0.368 e. The smallest absolute Gasteiger partial charge is 0.165 e. The summed E-state index contributed by atoms with van der Waals surface area (Å²) in [4.78, 5) is 9.08. The summed E-state index contributed by atoms with van der Waals surface area (Å²) in [5.74, 6) is 0.696. The van der Waals surface area contributed by atoms with Gasteiger partial charge in [0, 0.05) is 29.5 Å². The van der Waals surface area contributed by atoms with Crippen LogP contribution in [0.3, 0.4) is 0 Å². The van der Waals surface area contributed by atoms with Crippen LogP contribution < -0.4 is 11.1 Å². The van der Waals surface area contributed by atoms with Crippen molar-refractivity contribution in [1.82, 2.24) is 19.6 Å². The standard InChI is InChI=1S/C23H22ClN7/c1-14-9-17(11-18(24)28-14)20-21(16-6-4-5-15(10-16)12-25)30-31-8-7-19(29-22(20)31)27-13-23(2,3)26/h4-11H,13,26H2,1-3H3,(H,27,29). The highest BCUT2D eigenvalue weighted by atomic mass is 35.5. The lowest BCUT2D eigenvalue weighted by Crippen LogP contribution is -2.39. The number of aryl methyl sites for hydroxylation is 1. The third-order valence-electron chi connectivity index (χ3n) is 4.69. The van der Waals surface area contributed by atoms with Gasteiger partial charge in [0.25, 0.3) is 0 Å². The summed E-state index contributed by atoms with van der Waals surface area (Å²) in [7, 11) is 0. The van der Waals surface area contributed by atoms with E-state index in [0.29, 0.717) is 34.4 Å². The zero-order valence-electron chi connectivity index (χ0n) is 17.5. The van der Waals surface area contributed by atoms with Gasteiger partial charge < -0.3 is 11.1 Å². The molecule has 8 heteroatoms. The van der Waals surface area contributed by atoms with Crippen molar-refractivity contribution in [2.75, 3.05) is 11.9 Å². The number of rotatable bonds is 5. The van der Waals surface area contributed by atoms with Crippen LogP contribution in [0.15, 0.2) is 48.7 Å². The van der Waals surface area contributed by atoms with Crippen molar-refractivity contribution >= 4 is 23.1 Å². The van der Waals surface area contributed by atoms with Crippen molar-refractivity contribution in [2.45, 2.75) is 26.3 Å². The quantitative estimate of drug-likeness (QED) is 0.452. The molecule has 0 aliphatic rings. The lowest BCUT2D eigenvalue weighted by atomic mass is 10.00. The Morgan fingerprint density at radius 1 is 1.16 bits per heavy atom. The number of benzene rings is 1. The van der Waals surface area contributed by atoms with Gasteiger partial charge in [-0.3, -0.25) is 0 Å². The monoisotopic (exact) mass is 431 g/mol. The number of anilines is 1. The summed E-state index contributed by atoms with van der Waals surface area (Å²) in [6.45, 7) is 6.35. The molecular weight excluding hydrogens is 410 g/mol. The number of hydrogen-bond acceptors (Lipinski definition) is 6. The van der Waals surface area contributed by atoms with Gasteiger partial charge in [-0.1, -0.05) is 23.7 Å². The Hall–Kier alpha value is -3.47. The first-order valence-corrected chi connectivity index (χ1v) is 10.2. The van der Waals surface area contributed by atoms with Gasteiger partial charge in [-0.15, -0.1) is 0 Å². The lowest BCUT2D eigenvalue weighted by Gasteiger charge is -2.19. The molecule has 0 fully saturated rings. The van der Waals surface area contributed by atoms with E-state index >= 15 is 0 Å². The SMILES string of the molecule is Cc1cc(-c2c(-c3cccc(C#N)c3)nn3ccc(NCC(C)(C)N)nc23)cc(Cl)n1. The van der Waals surface area contributed by atoms with Gasteiger partial charge in [-0.05, 0) is 56.7 Å². The number of nitrogens with zero attached hydrogens (tertiary/aromatic N) is 5. The zero-order valence-corrected chi connectivity index (χ0v) is 18.3. The Balaban J connectivity index is 1.95. The maximum atomic E-state index is 9.34. The predicted octanol–water partition coefficient (Wildman–Crippen LogP) is 4.44. The number of aromatic nitrogens is 4. The van der Waals surface area contributed by atoms with Crippen molar-refractivity contribution in [3.8, 4) is 28.5 Å². The summed E-state index contributed by atoms with van der Waals surface area (Å²) in [5, 5.41) is 17.8. The Labute approximate surface area is 185 Å². The molecule has 0 atom stereocenters. The van der Waals surface area contributed by atoms with E-state index in [-0.39, 0.29) is 5.54 Å². The Morgan fingerprint density at radius 3 is 2.68 bits per heavy atom. The predicted molar refractivity (Wildman–Crippen MR) is 123 cm³/mol. The summed E-state index contributed by atoms with van der Waals surface area (Å²) in [6.07, 6.45) is 1.85. The van der Waals surface area contributed by atoms with E-state index in [2.05, 4.69) is 16.4 Å². The van der Waals surface area contributed by atoms with Crippen LogP contribution in [0.25, 0.3) is 28.0 Å². The van der Waals surface area contributed by atoms with Crippen LogP contribution in [0.2, 0.25) is 5.15 Å². The fraction of sp³-hybridized carbons (Fsp3) is 0.217. The molecule has 0 spiro atoms. The number of fused-ring (bicyclic) bond motifs is 1. The van der Waals surface area contributed by atoms with Crippen molar-refractivity contribution in [1.29, 1.82) is 5.26 Å². The fourth-order valence-corrected chi connectivity index (χ4v) is 3.57. The average Bonchev–Trinajstić information content (AvgIpc) is 3.10. The van der Waals surface area contributed by atoms with Crippen LogP contribution >= 0.6 is 11.6 Å². The highest BCUT2D eigenvalue weighted by molar-refractivity contribution is 6.29. The van der Waals surface area contributed by atoms with Gasteiger partial charge in [0.1, 0.15) is 16.7 Å². The maximum Gasteiger partial charge on any atom is 0.165 e. The highest BCUT2D eigenvalue weighted by Crippen LogP contribution is 2.36. The third kappa shape index (κ3) is 4.50. The van der Waals surface area contributed by atoms with Gasteiger partial charge >= 0.3 is 0 Å². The Morgan fingerprint density at radius 2 is 1.97 bits per heavy atom. The van der Waals surface area contributed by atoms with E-state index in [1.807, 2.05) is 57.3 Å². The van der Waals surface area contributed by atoms with Crippen molar-refractivity contribution in [3.05, 3.63) is 65.1 Å². The molecule has 0 amide bonds. The van der Waals surface area contributed by atoms with Crippen LogP contribution in [0.5, 0.6) is 0 Å². The van der Waals surface area contributed by atoms with Crippen LogP contribution in [0.1, 0.15) is 25.1 Å². The molecular formula is C23H22ClN7. The third-order valence-corrected chi connectivity index (χ3v) is 4.88. The number of nitrogens with two attached hydrogens (primary N) is 1. The molecule has 0 aliphatic heterocycles. The van der Waals surface area contributed by atoms with Crippen LogP contribution in [-0.2, 0) is 0 Å². The molecule has 3 aromatic heterocycles. The summed E-state index contributed by atoms with van der Waals surface area (Å²) in [6, 6.07) is 15.1. The van der Waals surface area contributed by atoms with E-state index in [9.17, 15) is 5.26 Å². The van der Waals surface area contributed by atoms with Crippen molar-refractivity contribution < 1.29 is 0 Å². The molecule has 4 rings (SSSR count). The molecule has 7 nitrogen and oxygen atoms in total. The second-order valence-electron chi connectivity index (χ2n) is 8.16. The minimum atomic E-state index is -0.379. The summed E-state index contributed by atoms with van der Waals surface area (Å²) < 4.78 is 1.73. The fourth-order valence-electron chi connectivity index (χ4n) is 3.32. The van der Waals surface area contributed by atoms with E-state index in [1.165, 1.54) is 0 Å². The van der Waals surface area contributed by atoms with E-state index < -0.39 is 0 Å². The molecule has 0 radical (unpaired) electrons. The molecule has 4 aromatic rings. The van der Waals surface area contributed by atoms with Gasteiger partial charge in [0.05, 0.1) is 17.2 Å². The molecule has 0 unspecified atom stereocenters. The number of nitriles is 1. The van der Waals surface area contributed by atoms with E-state index in [4.69, 9.17) is 27.4 Å². The molecule has 31 heavy (non-hydrogen) atoms. The number of nitrogens with one attached hydrogen (secondary N) is 1. The van der Waals surface area contributed by atoms with Gasteiger partial charge in [-0.25, -0.2) is 14.5 Å². The molecule has 0 saturated carbocycles. The van der Waals surface area contributed by atoms with E-state index in [0.717, 1.165) is 22.4 Å².